The highest BCUT2D eigenvalue weighted by Crippen LogP contribution is 2.34. The molecule has 3 heterocycles. The molecule has 144 valence electrons. The van der Waals surface area contributed by atoms with Crippen LogP contribution in [-0.2, 0) is 6.54 Å². The van der Waals surface area contributed by atoms with Gasteiger partial charge in [0.1, 0.15) is 10.7 Å². The Kier molecular flexibility index (Phi) is 4.84. The molecule has 1 aromatic carbocycles. The van der Waals surface area contributed by atoms with E-state index in [4.69, 9.17) is 4.98 Å². The second kappa shape index (κ2) is 7.18. The molecule has 1 atom stereocenters. The first-order valence-electron chi connectivity index (χ1n) is 9.06. The third kappa shape index (κ3) is 3.06. The highest BCUT2D eigenvalue weighted by atomic mass is 32.2. The lowest BCUT2D eigenvalue weighted by Crippen LogP contribution is -2.22. The number of para-hydroxylation sites is 1. The van der Waals surface area contributed by atoms with Gasteiger partial charge in [-0.2, -0.15) is 0 Å². The summed E-state index contributed by atoms with van der Waals surface area (Å²) in [7, 11) is 0. The van der Waals surface area contributed by atoms with E-state index in [0.29, 0.717) is 33.8 Å². The number of fused-ring (bicyclic) bond motifs is 2. The number of hydrogen-bond acceptors (Lipinski definition) is 6. The number of aromatic nitrogens is 4. The molecule has 0 unspecified atom stereocenters. The van der Waals surface area contributed by atoms with Gasteiger partial charge < -0.3 is 4.98 Å². The van der Waals surface area contributed by atoms with Crippen LogP contribution in [0.15, 0.2) is 39.0 Å². The number of thioether (sulfide) groups is 1. The van der Waals surface area contributed by atoms with Gasteiger partial charge in [-0.1, -0.05) is 23.9 Å². The molecule has 0 saturated heterocycles. The van der Waals surface area contributed by atoms with Crippen LogP contribution in [0.1, 0.15) is 35.4 Å². The van der Waals surface area contributed by atoms with Crippen molar-refractivity contribution in [2.45, 2.75) is 44.6 Å². The van der Waals surface area contributed by atoms with Gasteiger partial charge >= 0.3 is 0 Å². The maximum absolute atomic E-state index is 13.0. The lowest BCUT2D eigenvalue weighted by atomic mass is 10.2. The van der Waals surface area contributed by atoms with Crippen molar-refractivity contribution in [3.05, 3.63) is 61.2 Å². The van der Waals surface area contributed by atoms with Crippen molar-refractivity contribution in [1.82, 2.24) is 19.5 Å². The number of thiophene rings is 1. The predicted octanol–water partition coefficient (Wildman–Crippen LogP) is 4.18. The van der Waals surface area contributed by atoms with Crippen molar-refractivity contribution >= 4 is 44.2 Å². The molecule has 4 aromatic rings. The molecule has 0 aliphatic carbocycles. The molecule has 3 aromatic heterocycles. The van der Waals surface area contributed by atoms with E-state index < -0.39 is 0 Å². The molecule has 1 N–H and O–H groups in total. The molecule has 0 radical (unpaired) electrons. The first-order chi connectivity index (χ1) is 13.4. The Balaban J connectivity index is 1.79. The number of H-pyrrole nitrogens is 1. The highest BCUT2D eigenvalue weighted by Gasteiger charge is 2.19. The van der Waals surface area contributed by atoms with Gasteiger partial charge in [-0.25, -0.2) is 9.97 Å². The number of aryl methyl sites for hydroxylation is 2. The minimum absolute atomic E-state index is 0.0102. The monoisotopic (exact) mass is 412 g/mol. The van der Waals surface area contributed by atoms with Crippen LogP contribution in [-0.4, -0.2) is 19.5 Å². The predicted molar refractivity (Wildman–Crippen MR) is 116 cm³/mol. The maximum Gasteiger partial charge on any atom is 0.263 e. The van der Waals surface area contributed by atoms with Gasteiger partial charge in [-0.15, -0.1) is 11.3 Å². The van der Waals surface area contributed by atoms with Gasteiger partial charge in [-0.05, 0) is 45.4 Å². The van der Waals surface area contributed by atoms with Crippen molar-refractivity contribution in [2.24, 2.45) is 0 Å². The fourth-order valence-electron chi connectivity index (χ4n) is 3.19. The van der Waals surface area contributed by atoms with Crippen LogP contribution in [0.4, 0.5) is 0 Å². The fourth-order valence-corrected chi connectivity index (χ4v) is 5.29. The number of nitrogens with zero attached hydrogens (tertiary/aromatic N) is 3. The summed E-state index contributed by atoms with van der Waals surface area (Å²) in [5.41, 5.74) is 1.50. The zero-order chi connectivity index (χ0) is 20.0. The van der Waals surface area contributed by atoms with E-state index in [1.807, 2.05) is 45.9 Å². The molecule has 0 aliphatic heterocycles. The minimum Gasteiger partial charge on any atom is -0.309 e. The molecule has 4 rings (SSSR count). The SMILES string of the molecule is CCn1c(S[C@@H](C)c2nc3ccccc3c(=O)[nH]2)nc2sc(C)c(C)c2c1=O. The number of benzene rings is 1. The molecule has 0 saturated carbocycles. The lowest BCUT2D eigenvalue weighted by molar-refractivity contribution is 0.633. The molecule has 0 bridgehead atoms. The van der Waals surface area contributed by atoms with Crippen molar-refractivity contribution in [2.75, 3.05) is 0 Å². The fraction of sp³-hybridized carbons (Fsp3) is 0.300. The van der Waals surface area contributed by atoms with Crippen LogP contribution in [0, 0.1) is 13.8 Å². The van der Waals surface area contributed by atoms with E-state index in [-0.39, 0.29) is 16.4 Å². The van der Waals surface area contributed by atoms with Gasteiger partial charge in [0.25, 0.3) is 11.1 Å². The molecule has 0 fully saturated rings. The largest absolute Gasteiger partial charge is 0.309 e. The third-order valence-corrected chi connectivity index (χ3v) is 7.07. The Morgan fingerprint density at radius 2 is 1.96 bits per heavy atom. The summed E-state index contributed by atoms with van der Waals surface area (Å²) in [5, 5.41) is 1.75. The smallest absolute Gasteiger partial charge is 0.263 e. The van der Waals surface area contributed by atoms with E-state index in [1.165, 1.54) is 11.8 Å². The van der Waals surface area contributed by atoms with E-state index in [2.05, 4.69) is 9.97 Å². The lowest BCUT2D eigenvalue weighted by Gasteiger charge is -2.14. The molecule has 0 amide bonds. The van der Waals surface area contributed by atoms with Gasteiger partial charge in [0.05, 0.1) is 21.5 Å². The topological polar surface area (TPSA) is 80.6 Å². The minimum atomic E-state index is -0.165. The second-order valence-electron chi connectivity index (χ2n) is 6.64. The van der Waals surface area contributed by atoms with Crippen LogP contribution in [0.2, 0.25) is 0 Å². The summed E-state index contributed by atoms with van der Waals surface area (Å²) in [6.45, 7) is 8.41. The standard InChI is InChI=1S/C20H20N4O2S2/c1-5-24-19(26)15-10(2)11(3)27-18(15)23-20(24)28-12(4)16-21-14-9-7-6-8-13(14)17(25)22-16/h6-9,12H,5H2,1-4H3,(H,21,22,25)/t12-/m0/s1. The van der Waals surface area contributed by atoms with Gasteiger partial charge in [0, 0.05) is 11.4 Å². The summed E-state index contributed by atoms with van der Waals surface area (Å²) in [5.74, 6) is 0.573. The van der Waals surface area contributed by atoms with Gasteiger partial charge in [0.2, 0.25) is 0 Å². The summed E-state index contributed by atoms with van der Waals surface area (Å²) < 4.78 is 1.70. The van der Waals surface area contributed by atoms with Crippen molar-refractivity contribution < 1.29 is 0 Å². The quantitative estimate of drug-likeness (QED) is 0.402. The van der Waals surface area contributed by atoms with Crippen molar-refractivity contribution in [3.63, 3.8) is 0 Å². The number of nitrogens with one attached hydrogen (secondary N) is 1. The van der Waals surface area contributed by atoms with E-state index in [9.17, 15) is 9.59 Å². The Bertz CT molecular complexity index is 1320. The maximum atomic E-state index is 13.0. The van der Waals surface area contributed by atoms with E-state index >= 15 is 0 Å². The van der Waals surface area contributed by atoms with Crippen LogP contribution in [0.5, 0.6) is 0 Å². The van der Waals surface area contributed by atoms with E-state index in [1.54, 1.807) is 22.0 Å². The molecule has 0 aliphatic rings. The first kappa shape index (κ1) is 18.9. The average Bonchev–Trinajstić information content (AvgIpc) is 2.96. The third-order valence-electron chi connectivity index (χ3n) is 4.87. The van der Waals surface area contributed by atoms with Crippen LogP contribution in [0.3, 0.4) is 0 Å². The van der Waals surface area contributed by atoms with Crippen molar-refractivity contribution in [1.29, 1.82) is 0 Å². The number of hydrogen-bond donors (Lipinski definition) is 1. The summed E-state index contributed by atoms with van der Waals surface area (Å²) >= 11 is 2.98. The molecule has 28 heavy (non-hydrogen) atoms. The molecule has 0 spiro atoms. The molecular formula is C20H20N4O2S2. The second-order valence-corrected chi connectivity index (χ2v) is 9.15. The average molecular weight is 413 g/mol. The number of aromatic amines is 1. The molecule has 6 nitrogen and oxygen atoms in total. The Morgan fingerprint density at radius 3 is 2.71 bits per heavy atom. The Morgan fingerprint density at radius 1 is 1.21 bits per heavy atom. The van der Waals surface area contributed by atoms with Crippen LogP contribution in [0.25, 0.3) is 21.1 Å². The number of rotatable bonds is 4. The molecular weight excluding hydrogens is 392 g/mol. The zero-order valence-corrected chi connectivity index (χ0v) is 17.7. The zero-order valence-electron chi connectivity index (χ0n) is 16.1. The summed E-state index contributed by atoms with van der Waals surface area (Å²) in [6.07, 6.45) is 0. The highest BCUT2D eigenvalue weighted by molar-refractivity contribution is 7.99. The summed E-state index contributed by atoms with van der Waals surface area (Å²) in [4.78, 5) is 39.5. The Labute approximate surface area is 169 Å². The summed E-state index contributed by atoms with van der Waals surface area (Å²) in [6, 6.07) is 7.27. The van der Waals surface area contributed by atoms with Crippen LogP contribution >= 0.6 is 23.1 Å². The van der Waals surface area contributed by atoms with Crippen LogP contribution < -0.4 is 11.1 Å². The van der Waals surface area contributed by atoms with Gasteiger partial charge in [-0.3, -0.25) is 14.2 Å². The van der Waals surface area contributed by atoms with Gasteiger partial charge in [0.15, 0.2) is 5.16 Å². The Hall–Kier alpha value is -2.45. The van der Waals surface area contributed by atoms with E-state index in [0.717, 1.165) is 15.3 Å². The van der Waals surface area contributed by atoms with Crippen molar-refractivity contribution in [3.8, 4) is 0 Å². The normalized spacial score (nSPS) is 12.7. The first-order valence-corrected chi connectivity index (χ1v) is 10.8. The molecule has 8 heteroatoms.